The second-order valence-corrected chi connectivity index (χ2v) is 5.94. The highest BCUT2D eigenvalue weighted by molar-refractivity contribution is 5.47. The molecular formula is C18H19N5O2. The molecule has 0 saturated heterocycles. The van der Waals surface area contributed by atoms with Crippen molar-refractivity contribution in [2.24, 2.45) is 0 Å². The van der Waals surface area contributed by atoms with Gasteiger partial charge in [0.2, 0.25) is 0 Å². The van der Waals surface area contributed by atoms with E-state index >= 15 is 0 Å². The molecular weight excluding hydrogens is 318 g/mol. The lowest BCUT2D eigenvalue weighted by molar-refractivity contribution is -0.385. The van der Waals surface area contributed by atoms with Gasteiger partial charge in [0.25, 0.3) is 5.69 Å². The molecule has 0 aliphatic rings. The highest BCUT2D eigenvalue weighted by Crippen LogP contribution is 2.22. The van der Waals surface area contributed by atoms with E-state index in [2.05, 4.69) is 27.5 Å². The van der Waals surface area contributed by atoms with Gasteiger partial charge in [-0.05, 0) is 25.5 Å². The lowest BCUT2D eigenvalue weighted by Crippen LogP contribution is -2.08. The largest absolute Gasteiger partial charge is 0.363 e. The number of hydrogen-bond donors (Lipinski definition) is 1. The molecule has 0 fully saturated rings. The van der Waals surface area contributed by atoms with Gasteiger partial charge >= 0.3 is 0 Å². The van der Waals surface area contributed by atoms with Gasteiger partial charge in [0.1, 0.15) is 12.0 Å². The smallest absolute Gasteiger partial charge is 0.290 e. The summed E-state index contributed by atoms with van der Waals surface area (Å²) in [6.07, 6.45) is 5.09. The van der Waals surface area contributed by atoms with E-state index in [1.54, 1.807) is 13.0 Å². The van der Waals surface area contributed by atoms with Gasteiger partial charge in [-0.3, -0.25) is 14.8 Å². The predicted octanol–water partition coefficient (Wildman–Crippen LogP) is 3.72. The van der Waals surface area contributed by atoms with Crippen molar-refractivity contribution in [1.82, 2.24) is 14.8 Å². The van der Waals surface area contributed by atoms with Crippen molar-refractivity contribution in [2.75, 3.05) is 5.32 Å². The van der Waals surface area contributed by atoms with Gasteiger partial charge in [0.05, 0.1) is 23.7 Å². The monoisotopic (exact) mass is 337 g/mol. The Bertz CT molecular complexity index is 876. The van der Waals surface area contributed by atoms with Crippen LogP contribution in [0, 0.1) is 17.0 Å². The van der Waals surface area contributed by atoms with Gasteiger partial charge < -0.3 is 5.32 Å². The number of benzene rings is 1. The molecule has 7 heteroatoms. The molecule has 2 aromatic heterocycles. The van der Waals surface area contributed by atoms with Crippen molar-refractivity contribution in [3.63, 3.8) is 0 Å². The maximum atomic E-state index is 10.9. The fourth-order valence-corrected chi connectivity index (χ4v) is 2.58. The molecule has 128 valence electrons. The maximum absolute atomic E-state index is 10.9. The number of nitrogens with zero attached hydrogens (tertiary/aromatic N) is 4. The molecule has 0 spiro atoms. The number of nitro groups is 1. The van der Waals surface area contributed by atoms with E-state index in [1.807, 2.05) is 42.2 Å². The zero-order valence-electron chi connectivity index (χ0n) is 14.1. The van der Waals surface area contributed by atoms with Gasteiger partial charge in [0, 0.05) is 17.3 Å². The molecule has 1 unspecified atom stereocenters. The normalized spacial score (nSPS) is 11.9. The van der Waals surface area contributed by atoms with Gasteiger partial charge in [0.15, 0.2) is 0 Å². The zero-order valence-corrected chi connectivity index (χ0v) is 14.1. The van der Waals surface area contributed by atoms with E-state index in [1.165, 1.54) is 11.8 Å². The van der Waals surface area contributed by atoms with Crippen LogP contribution in [0.3, 0.4) is 0 Å². The standard InChI is InChI=1S/C18H19N5O2/c1-13-8-18(19-10-17(13)23(24)25)21-14(2)16-9-20-22(12-16)11-15-6-4-3-5-7-15/h3-10,12,14H,11H2,1-2H3,(H,19,21). The summed E-state index contributed by atoms with van der Waals surface area (Å²) in [6, 6.07) is 11.8. The summed E-state index contributed by atoms with van der Waals surface area (Å²) in [4.78, 5) is 14.6. The summed E-state index contributed by atoms with van der Waals surface area (Å²) in [6.45, 7) is 4.41. The van der Waals surface area contributed by atoms with E-state index < -0.39 is 4.92 Å². The van der Waals surface area contributed by atoms with Crippen LogP contribution in [0.5, 0.6) is 0 Å². The van der Waals surface area contributed by atoms with Crippen LogP contribution in [0.15, 0.2) is 55.0 Å². The summed E-state index contributed by atoms with van der Waals surface area (Å²) in [7, 11) is 0. The molecule has 25 heavy (non-hydrogen) atoms. The molecule has 0 aliphatic heterocycles. The Labute approximate surface area is 145 Å². The summed E-state index contributed by atoms with van der Waals surface area (Å²) in [5.41, 5.74) is 2.81. The summed E-state index contributed by atoms with van der Waals surface area (Å²) < 4.78 is 1.89. The molecule has 1 aromatic carbocycles. The second kappa shape index (κ2) is 7.12. The maximum Gasteiger partial charge on any atom is 0.290 e. The van der Waals surface area contributed by atoms with E-state index in [-0.39, 0.29) is 11.7 Å². The average Bonchev–Trinajstić information content (AvgIpc) is 3.04. The third-order valence-corrected chi connectivity index (χ3v) is 3.98. The van der Waals surface area contributed by atoms with Crippen molar-refractivity contribution in [1.29, 1.82) is 0 Å². The molecule has 7 nitrogen and oxygen atoms in total. The summed E-state index contributed by atoms with van der Waals surface area (Å²) >= 11 is 0. The number of aryl methyl sites for hydroxylation is 1. The average molecular weight is 337 g/mol. The fraction of sp³-hybridized carbons (Fsp3) is 0.222. The first-order valence-electron chi connectivity index (χ1n) is 7.97. The van der Waals surface area contributed by atoms with Crippen molar-refractivity contribution < 1.29 is 4.92 Å². The SMILES string of the molecule is Cc1cc(NC(C)c2cnn(Cc3ccccc3)c2)ncc1[N+](=O)[O-]. The molecule has 3 rings (SSSR count). The van der Waals surface area contributed by atoms with Crippen molar-refractivity contribution in [3.05, 3.63) is 81.8 Å². The summed E-state index contributed by atoms with van der Waals surface area (Å²) in [5, 5.41) is 18.5. The number of nitrogens with one attached hydrogen (secondary N) is 1. The second-order valence-electron chi connectivity index (χ2n) is 5.94. The topological polar surface area (TPSA) is 85.9 Å². The van der Waals surface area contributed by atoms with E-state index in [4.69, 9.17) is 0 Å². The Hall–Kier alpha value is -3.22. The van der Waals surface area contributed by atoms with E-state index in [0.717, 1.165) is 5.56 Å². The third kappa shape index (κ3) is 4.00. The van der Waals surface area contributed by atoms with Crippen LogP contribution in [-0.2, 0) is 6.54 Å². The first kappa shape index (κ1) is 16.6. The van der Waals surface area contributed by atoms with E-state index in [9.17, 15) is 10.1 Å². The lowest BCUT2D eigenvalue weighted by Gasteiger charge is -2.13. The molecule has 0 radical (unpaired) electrons. The minimum absolute atomic E-state index is 0.0159. The van der Waals surface area contributed by atoms with Crippen LogP contribution in [0.4, 0.5) is 11.5 Å². The van der Waals surface area contributed by atoms with E-state index in [0.29, 0.717) is 17.9 Å². The molecule has 1 atom stereocenters. The molecule has 3 aromatic rings. The van der Waals surface area contributed by atoms with Crippen LogP contribution >= 0.6 is 0 Å². The highest BCUT2D eigenvalue weighted by Gasteiger charge is 2.14. The number of rotatable bonds is 6. The van der Waals surface area contributed by atoms with Crippen molar-refractivity contribution >= 4 is 11.5 Å². The predicted molar refractivity (Wildman–Crippen MR) is 95.4 cm³/mol. The molecule has 0 aliphatic carbocycles. The van der Waals surface area contributed by atoms with Crippen molar-refractivity contribution in [3.8, 4) is 0 Å². The summed E-state index contributed by atoms with van der Waals surface area (Å²) in [5.74, 6) is 0.603. The quantitative estimate of drug-likeness (QED) is 0.547. The number of anilines is 1. The minimum atomic E-state index is -0.427. The number of aromatic nitrogens is 3. The Morgan fingerprint density at radius 3 is 2.72 bits per heavy atom. The van der Waals surface area contributed by atoms with Crippen LogP contribution in [0.2, 0.25) is 0 Å². The Kier molecular flexibility index (Phi) is 4.74. The lowest BCUT2D eigenvalue weighted by atomic mass is 10.2. The molecule has 0 saturated carbocycles. The van der Waals surface area contributed by atoms with Gasteiger partial charge in [-0.2, -0.15) is 5.10 Å². The van der Waals surface area contributed by atoms with Gasteiger partial charge in [-0.15, -0.1) is 0 Å². The van der Waals surface area contributed by atoms with Crippen LogP contribution < -0.4 is 5.32 Å². The first-order chi connectivity index (χ1) is 12.0. The zero-order chi connectivity index (χ0) is 17.8. The van der Waals surface area contributed by atoms with Gasteiger partial charge in [-0.25, -0.2) is 4.98 Å². The first-order valence-corrected chi connectivity index (χ1v) is 7.97. The Morgan fingerprint density at radius 2 is 2.04 bits per heavy atom. The molecule has 0 amide bonds. The number of pyridine rings is 1. The minimum Gasteiger partial charge on any atom is -0.363 e. The van der Waals surface area contributed by atoms with Crippen LogP contribution in [0.1, 0.15) is 29.7 Å². The number of hydrogen-bond acceptors (Lipinski definition) is 5. The molecule has 2 heterocycles. The molecule has 1 N–H and O–H groups in total. The van der Waals surface area contributed by atoms with Crippen LogP contribution in [0.25, 0.3) is 0 Å². The Balaban J connectivity index is 1.68. The fourth-order valence-electron chi connectivity index (χ4n) is 2.58. The highest BCUT2D eigenvalue weighted by atomic mass is 16.6. The van der Waals surface area contributed by atoms with Gasteiger partial charge in [-0.1, -0.05) is 30.3 Å². The third-order valence-electron chi connectivity index (χ3n) is 3.98. The Morgan fingerprint density at radius 1 is 1.28 bits per heavy atom. The molecule has 0 bridgehead atoms. The van der Waals surface area contributed by atoms with Crippen LogP contribution in [-0.4, -0.2) is 19.7 Å². The van der Waals surface area contributed by atoms with Crippen molar-refractivity contribution in [2.45, 2.75) is 26.4 Å².